The van der Waals surface area contributed by atoms with Crippen LogP contribution in [-0.2, 0) is 6.54 Å². The molecule has 0 fully saturated rings. The van der Waals surface area contributed by atoms with E-state index in [1.165, 1.54) is 0 Å². The van der Waals surface area contributed by atoms with Gasteiger partial charge in [-0.1, -0.05) is 42.6 Å². The smallest absolute Gasteiger partial charge is 0.268 e. The highest BCUT2D eigenvalue weighted by Crippen LogP contribution is 2.33. The largest absolute Gasteiger partial charge is 0.376 e. The van der Waals surface area contributed by atoms with Gasteiger partial charge in [0.1, 0.15) is 0 Å². The van der Waals surface area contributed by atoms with Gasteiger partial charge in [-0.15, -0.1) is 0 Å². The third-order valence-corrected chi connectivity index (χ3v) is 4.89. The average molecular weight is 344 g/mol. The minimum atomic E-state index is -0.0197. The Hall–Kier alpha value is -0.840. The topological polar surface area (TPSA) is 38.1 Å². The zero-order valence-electron chi connectivity index (χ0n) is 13.0. The average Bonchev–Trinajstić information content (AvgIpc) is 2.41. The summed E-state index contributed by atoms with van der Waals surface area (Å²) in [6, 6.07) is 1.66. The molecular formula is C15H26BrN3O. The molecule has 0 amide bonds. The molecule has 20 heavy (non-hydrogen) atoms. The number of hydrogen-bond acceptors (Lipinski definition) is 3. The maximum absolute atomic E-state index is 12.2. The molecule has 1 rings (SSSR count). The molecule has 0 saturated heterocycles. The maximum Gasteiger partial charge on any atom is 0.268 e. The Kier molecular flexibility index (Phi) is 6.72. The lowest BCUT2D eigenvalue weighted by molar-refractivity contribution is 0.218. The van der Waals surface area contributed by atoms with Crippen LogP contribution >= 0.6 is 15.9 Å². The number of aromatic nitrogens is 2. The Balaban J connectivity index is 3.02. The standard InChI is InChI=1S/C15H26BrN3O/c1-5-7-15(11-16,8-6-2)12-19-14(20)9-13(10-17-19)18(3)4/h9-10H,5-8,11-12H2,1-4H3. The van der Waals surface area contributed by atoms with Gasteiger partial charge in [0.05, 0.1) is 18.4 Å². The van der Waals surface area contributed by atoms with Crippen molar-refractivity contribution in [2.75, 3.05) is 24.3 Å². The van der Waals surface area contributed by atoms with E-state index in [0.29, 0.717) is 6.54 Å². The molecule has 0 saturated carbocycles. The van der Waals surface area contributed by atoms with Gasteiger partial charge in [0.2, 0.25) is 0 Å². The Morgan fingerprint density at radius 2 is 1.90 bits per heavy atom. The molecule has 4 nitrogen and oxygen atoms in total. The van der Waals surface area contributed by atoms with Gasteiger partial charge in [0.25, 0.3) is 5.56 Å². The monoisotopic (exact) mass is 343 g/mol. The number of nitrogens with zero attached hydrogens (tertiary/aromatic N) is 3. The fourth-order valence-electron chi connectivity index (χ4n) is 2.62. The molecule has 0 aromatic carbocycles. The highest BCUT2D eigenvalue weighted by atomic mass is 79.9. The van der Waals surface area contributed by atoms with Crippen LogP contribution in [0.25, 0.3) is 0 Å². The second kappa shape index (κ2) is 7.81. The summed E-state index contributed by atoms with van der Waals surface area (Å²) >= 11 is 3.64. The van der Waals surface area contributed by atoms with Gasteiger partial charge >= 0.3 is 0 Å². The summed E-state index contributed by atoms with van der Waals surface area (Å²) in [5.74, 6) is 0. The Bertz CT molecular complexity index is 464. The van der Waals surface area contributed by atoms with Gasteiger partial charge in [-0.2, -0.15) is 5.10 Å². The van der Waals surface area contributed by atoms with Gasteiger partial charge in [-0.3, -0.25) is 4.79 Å². The van der Waals surface area contributed by atoms with Gasteiger partial charge in [-0.25, -0.2) is 4.68 Å². The van der Waals surface area contributed by atoms with E-state index in [9.17, 15) is 4.79 Å². The van der Waals surface area contributed by atoms with Gasteiger partial charge in [-0.05, 0) is 18.3 Å². The molecule has 1 heterocycles. The van der Waals surface area contributed by atoms with E-state index in [2.05, 4.69) is 34.9 Å². The minimum Gasteiger partial charge on any atom is -0.376 e. The quantitative estimate of drug-likeness (QED) is 0.679. The first-order valence-electron chi connectivity index (χ1n) is 7.28. The van der Waals surface area contributed by atoms with Crippen molar-refractivity contribution in [3.63, 3.8) is 0 Å². The number of halogens is 1. The van der Waals surface area contributed by atoms with E-state index in [0.717, 1.165) is 36.7 Å². The summed E-state index contributed by atoms with van der Waals surface area (Å²) in [7, 11) is 3.83. The molecule has 0 aliphatic heterocycles. The van der Waals surface area contributed by atoms with Crippen LogP contribution in [-0.4, -0.2) is 29.2 Å². The first kappa shape index (κ1) is 17.2. The predicted octanol–water partition coefficient (Wildman–Crippen LogP) is 3.29. The Morgan fingerprint density at radius 3 is 2.30 bits per heavy atom. The zero-order chi connectivity index (χ0) is 15.2. The van der Waals surface area contributed by atoms with Crippen LogP contribution in [0.1, 0.15) is 39.5 Å². The normalized spacial score (nSPS) is 11.7. The van der Waals surface area contributed by atoms with Crippen LogP contribution in [0, 0.1) is 5.41 Å². The summed E-state index contributed by atoms with van der Waals surface area (Å²) in [6.07, 6.45) is 6.22. The molecule has 0 bridgehead atoms. The molecular weight excluding hydrogens is 318 g/mol. The van der Waals surface area contributed by atoms with Crippen molar-refractivity contribution < 1.29 is 0 Å². The van der Waals surface area contributed by atoms with Gasteiger partial charge in [0.15, 0.2) is 0 Å². The molecule has 0 unspecified atom stereocenters. The fraction of sp³-hybridized carbons (Fsp3) is 0.733. The lowest BCUT2D eigenvalue weighted by atomic mass is 9.81. The molecule has 5 heteroatoms. The summed E-state index contributed by atoms with van der Waals surface area (Å²) in [5, 5.41) is 5.25. The Morgan fingerprint density at radius 1 is 1.30 bits per heavy atom. The Labute approximate surface area is 130 Å². The summed E-state index contributed by atoms with van der Waals surface area (Å²) in [5.41, 5.74) is 0.954. The van der Waals surface area contributed by atoms with Crippen molar-refractivity contribution in [3.05, 3.63) is 22.6 Å². The first-order valence-corrected chi connectivity index (χ1v) is 8.40. The molecule has 114 valence electrons. The lowest BCUT2D eigenvalue weighted by Gasteiger charge is -2.31. The fourth-order valence-corrected chi connectivity index (χ4v) is 3.36. The molecule has 0 spiro atoms. The second-order valence-corrected chi connectivity index (χ2v) is 6.30. The van der Waals surface area contributed by atoms with Crippen molar-refractivity contribution in [1.82, 2.24) is 9.78 Å². The minimum absolute atomic E-state index is 0.0197. The lowest BCUT2D eigenvalue weighted by Crippen LogP contribution is -2.35. The summed E-state index contributed by atoms with van der Waals surface area (Å²) < 4.78 is 1.61. The van der Waals surface area contributed by atoms with E-state index in [1.54, 1.807) is 16.9 Å². The highest BCUT2D eigenvalue weighted by molar-refractivity contribution is 9.09. The first-order chi connectivity index (χ1) is 9.48. The number of alkyl halides is 1. The predicted molar refractivity (Wildman–Crippen MR) is 88.9 cm³/mol. The SMILES string of the molecule is CCCC(CBr)(CCC)Cn1ncc(N(C)C)cc1=O. The third kappa shape index (κ3) is 4.33. The molecule has 1 aromatic heterocycles. The van der Waals surface area contributed by atoms with E-state index in [-0.39, 0.29) is 11.0 Å². The van der Waals surface area contributed by atoms with Crippen LogP contribution < -0.4 is 10.5 Å². The van der Waals surface area contributed by atoms with Crippen LogP contribution in [0.3, 0.4) is 0 Å². The van der Waals surface area contributed by atoms with Crippen LogP contribution in [0.15, 0.2) is 17.1 Å². The molecule has 1 aromatic rings. The molecule has 0 atom stereocenters. The molecule has 0 aliphatic carbocycles. The van der Waals surface area contributed by atoms with Crippen molar-refractivity contribution in [2.24, 2.45) is 5.41 Å². The molecule has 0 radical (unpaired) electrons. The van der Waals surface area contributed by atoms with Gasteiger partial charge < -0.3 is 4.90 Å². The highest BCUT2D eigenvalue weighted by Gasteiger charge is 2.28. The summed E-state index contributed by atoms with van der Waals surface area (Å²) in [4.78, 5) is 14.1. The molecule has 0 aliphatic rings. The number of rotatable bonds is 8. The van der Waals surface area contributed by atoms with E-state index in [1.807, 2.05) is 19.0 Å². The van der Waals surface area contributed by atoms with Crippen LogP contribution in [0.4, 0.5) is 5.69 Å². The van der Waals surface area contributed by atoms with Gasteiger partial charge in [0, 0.05) is 25.5 Å². The molecule has 0 N–H and O–H groups in total. The van der Waals surface area contributed by atoms with Crippen LogP contribution in [0.5, 0.6) is 0 Å². The second-order valence-electron chi connectivity index (χ2n) is 5.74. The van der Waals surface area contributed by atoms with E-state index < -0.39 is 0 Å². The zero-order valence-corrected chi connectivity index (χ0v) is 14.6. The number of anilines is 1. The van der Waals surface area contributed by atoms with Crippen molar-refractivity contribution >= 4 is 21.6 Å². The summed E-state index contributed by atoms with van der Waals surface area (Å²) in [6.45, 7) is 5.07. The third-order valence-electron chi connectivity index (χ3n) is 3.70. The van der Waals surface area contributed by atoms with E-state index >= 15 is 0 Å². The van der Waals surface area contributed by atoms with E-state index in [4.69, 9.17) is 0 Å². The van der Waals surface area contributed by atoms with Crippen LogP contribution in [0.2, 0.25) is 0 Å². The number of hydrogen-bond donors (Lipinski definition) is 0. The van der Waals surface area contributed by atoms with Crippen molar-refractivity contribution in [3.8, 4) is 0 Å². The maximum atomic E-state index is 12.2. The van der Waals surface area contributed by atoms with Crippen molar-refractivity contribution in [2.45, 2.75) is 46.1 Å². The van der Waals surface area contributed by atoms with Crippen molar-refractivity contribution in [1.29, 1.82) is 0 Å².